The lowest BCUT2D eigenvalue weighted by molar-refractivity contribution is -0.139. The maximum Gasteiger partial charge on any atom is 0.322 e. The molecule has 15 heavy (non-hydrogen) atoms. The molecule has 2 N–H and O–H groups in total. The van der Waals surface area contributed by atoms with Crippen LogP contribution in [0.1, 0.15) is 5.82 Å². The van der Waals surface area contributed by atoms with Gasteiger partial charge < -0.3 is 15.0 Å². The first kappa shape index (κ1) is 12.7. The molecule has 0 aromatic carbocycles. The number of hydrogen-bond donors (Lipinski definition) is 2. The Morgan fingerprint density at radius 3 is 2.60 bits per heavy atom. The summed E-state index contributed by atoms with van der Waals surface area (Å²) in [4.78, 5) is 15.0. The number of hydrogen-bond acceptors (Lipinski definition) is 3. The molecule has 1 atom stereocenters. The highest BCUT2D eigenvalue weighted by molar-refractivity contribution is 9.13. The second kappa shape index (κ2) is 5.09. The van der Waals surface area contributed by atoms with Gasteiger partial charge in [-0.15, -0.1) is 0 Å². The number of rotatable bonds is 4. The topological polar surface area (TPSA) is 67.2 Å². The molecule has 5 nitrogen and oxygen atoms in total. The molecule has 1 aromatic rings. The Kier molecular flexibility index (Phi) is 4.30. The summed E-state index contributed by atoms with van der Waals surface area (Å²) >= 11 is 6.61. The molecule has 0 aliphatic rings. The summed E-state index contributed by atoms with van der Waals surface area (Å²) in [6.45, 7) is 2.15. The molecule has 1 rings (SSSR count). The molecule has 0 saturated carbocycles. The fraction of sp³-hybridized carbons (Fsp3) is 0.500. The van der Waals surface area contributed by atoms with Gasteiger partial charge in [0.2, 0.25) is 0 Å². The maximum absolute atomic E-state index is 10.8. The van der Waals surface area contributed by atoms with Crippen molar-refractivity contribution in [1.29, 1.82) is 0 Å². The van der Waals surface area contributed by atoms with Crippen LogP contribution in [0.25, 0.3) is 0 Å². The molecule has 1 aromatic heterocycles. The van der Waals surface area contributed by atoms with E-state index < -0.39 is 12.0 Å². The Hall–Kier alpha value is -0.400. The smallest absolute Gasteiger partial charge is 0.322 e. The van der Waals surface area contributed by atoms with Gasteiger partial charge in [0.15, 0.2) is 0 Å². The quantitative estimate of drug-likeness (QED) is 0.869. The molecule has 0 radical (unpaired) electrons. The Morgan fingerprint density at radius 2 is 2.27 bits per heavy atom. The van der Waals surface area contributed by atoms with Crippen LogP contribution in [0.5, 0.6) is 0 Å². The number of aryl methyl sites for hydroxylation is 1. The predicted octanol–water partition coefficient (Wildman–Crippen LogP) is 1.39. The minimum Gasteiger partial charge on any atom is -0.480 e. The molecule has 1 unspecified atom stereocenters. The molecule has 0 bridgehead atoms. The van der Waals surface area contributed by atoms with Gasteiger partial charge in [-0.25, -0.2) is 4.98 Å². The Balaban J connectivity index is 2.92. The molecule has 7 heteroatoms. The molecular formula is C8H11Br2N3O2. The summed E-state index contributed by atoms with van der Waals surface area (Å²) < 4.78 is 3.22. The first-order valence-corrected chi connectivity index (χ1v) is 5.84. The molecule has 0 amide bonds. The lowest BCUT2D eigenvalue weighted by Gasteiger charge is -2.13. The van der Waals surface area contributed by atoms with E-state index in [1.807, 2.05) is 6.92 Å². The van der Waals surface area contributed by atoms with Crippen molar-refractivity contribution in [2.75, 3.05) is 7.05 Å². The molecule has 0 spiro atoms. The minimum atomic E-state index is -0.881. The van der Waals surface area contributed by atoms with Crippen molar-refractivity contribution < 1.29 is 9.90 Å². The van der Waals surface area contributed by atoms with Crippen LogP contribution in [0, 0.1) is 6.92 Å². The Morgan fingerprint density at radius 1 is 1.67 bits per heavy atom. The third-order valence-electron chi connectivity index (χ3n) is 2.07. The van der Waals surface area contributed by atoms with Gasteiger partial charge in [-0.2, -0.15) is 0 Å². The summed E-state index contributed by atoms with van der Waals surface area (Å²) in [5.41, 5.74) is 0. The minimum absolute atomic E-state index is 0.330. The number of halogens is 2. The maximum atomic E-state index is 10.8. The number of nitrogens with zero attached hydrogens (tertiary/aromatic N) is 2. The van der Waals surface area contributed by atoms with Gasteiger partial charge in [-0.1, -0.05) is 0 Å². The van der Waals surface area contributed by atoms with E-state index in [1.54, 1.807) is 11.6 Å². The fourth-order valence-electron chi connectivity index (χ4n) is 1.19. The third kappa shape index (κ3) is 2.79. The normalized spacial score (nSPS) is 12.8. The van der Waals surface area contributed by atoms with Crippen molar-refractivity contribution in [3.8, 4) is 0 Å². The van der Waals surface area contributed by atoms with Gasteiger partial charge in [0.05, 0.1) is 6.54 Å². The van der Waals surface area contributed by atoms with E-state index >= 15 is 0 Å². The molecule has 84 valence electrons. The van der Waals surface area contributed by atoms with Gasteiger partial charge in [-0.3, -0.25) is 4.79 Å². The number of imidazole rings is 1. The van der Waals surface area contributed by atoms with Crippen LogP contribution >= 0.6 is 31.9 Å². The lowest BCUT2D eigenvalue weighted by Crippen LogP contribution is -2.38. The van der Waals surface area contributed by atoms with Crippen LogP contribution in [0.4, 0.5) is 0 Å². The van der Waals surface area contributed by atoms with Crippen LogP contribution in [-0.2, 0) is 11.3 Å². The summed E-state index contributed by atoms with van der Waals surface area (Å²) in [6, 6.07) is -0.624. The van der Waals surface area contributed by atoms with Crippen LogP contribution < -0.4 is 5.32 Å². The monoisotopic (exact) mass is 339 g/mol. The number of nitrogens with one attached hydrogen (secondary N) is 1. The molecule has 1 heterocycles. The highest BCUT2D eigenvalue weighted by Crippen LogP contribution is 2.23. The van der Waals surface area contributed by atoms with Crippen LogP contribution in [-0.4, -0.2) is 33.7 Å². The molecule has 0 aliphatic carbocycles. The van der Waals surface area contributed by atoms with Crippen molar-refractivity contribution in [3.63, 3.8) is 0 Å². The average Bonchev–Trinajstić information content (AvgIpc) is 2.39. The number of carboxylic acid groups (broad SMARTS) is 1. The van der Waals surface area contributed by atoms with E-state index in [1.165, 1.54) is 0 Å². The highest BCUT2D eigenvalue weighted by atomic mass is 79.9. The zero-order chi connectivity index (χ0) is 11.6. The molecule has 0 fully saturated rings. The van der Waals surface area contributed by atoms with Crippen molar-refractivity contribution in [2.45, 2.75) is 19.5 Å². The van der Waals surface area contributed by atoms with Crippen molar-refractivity contribution in [2.24, 2.45) is 0 Å². The number of likely N-dealkylation sites (N-methyl/N-ethyl adjacent to an activating group) is 1. The number of aromatic nitrogens is 2. The summed E-state index contributed by atoms with van der Waals surface area (Å²) in [6.07, 6.45) is 0. The van der Waals surface area contributed by atoms with Gasteiger partial charge in [0, 0.05) is 0 Å². The van der Waals surface area contributed by atoms with Gasteiger partial charge in [-0.05, 0) is 45.8 Å². The zero-order valence-corrected chi connectivity index (χ0v) is 11.5. The second-order valence-electron chi connectivity index (χ2n) is 3.03. The number of carboxylic acids is 1. The summed E-state index contributed by atoms with van der Waals surface area (Å²) in [5, 5.41) is 11.6. The van der Waals surface area contributed by atoms with E-state index in [0.717, 1.165) is 10.4 Å². The number of carbonyl (C=O) groups is 1. The predicted molar refractivity (Wildman–Crippen MR) is 62.8 cm³/mol. The van der Waals surface area contributed by atoms with E-state index in [0.29, 0.717) is 11.1 Å². The standard InChI is InChI=1S/C8H11Br2N3O2/c1-4-12-6(9)7(10)13(4)3-5(11-2)8(14)15/h5,11H,3H2,1-2H3,(H,14,15). The van der Waals surface area contributed by atoms with E-state index in [4.69, 9.17) is 5.11 Å². The first-order valence-electron chi connectivity index (χ1n) is 4.25. The van der Waals surface area contributed by atoms with Crippen LogP contribution in [0.15, 0.2) is 9.21 Å². The zero-order valence-electron chi connectivity index (χ0n) is 8.29. The average molecular weight is 341 g/mol. The SMILES string of the molecule is CNC(Cn1c(C)nc(Br)c1Br)C(=O)O. The van der Waals surface area contributed by atoms with Gasteiger partial charge >= 0.3 is 5.97 Å². The van der Waals surface area contributed by atoms with Crippen LogP contribution in [0.2, 0.25) is 0 Å². The van der Waals surface area contributed by atoms with Crippen molar-refractivity contribution >= 4 is 37.8 Å². The third-order valence-corrected chi connectivity index (χ3v) is 3.96. The molecule has 0 aliphatic heterocycles. The largest absolute Gasteiger partial charge is 0.480 e. The Labute approximate surface area is 104 Å². The van der Waals surface area contributed by atoms with Crippen LogP contribution in [0.3, 0.4) is 0 Å². The van der Waals surface area contributed by atoms with E-state index in [9.17, 15) is 4.79 Å². The highest BCUT2D eigenvalue weighted by Gasteiger charge is 2.19. The van der Waals surface area contributed by atoms with E-state index in [2.05, 4.69) is 42.2 Å². The van der Waals surface area contributed by atoms with Crippen molar-refractivity contribution in [3.05, 3.63) is 15.0 Å². The molecular weight excluding hydrogens is 330 g/mol. The van der Waals surface area contributed by atoms with Gasteiger partial charge in [0.1, 0.15) is 21.1 Å². The number of aliphatic carboxylic acids is 1. The summed E-state index contributed by atoms with van der Waals surface area (Å²) in [5.74, 6) is -0.121. The first-order chi connectivity index (χ1) is 6.97. The fourth-order valence-corrected chi connectivity index (χ4v) is 2.15. The molecule has 0 saturated heterocycles. The van der Waals surface area contributed by atoms with Gasteiger partial charge in [0.25, 0.3) is 0 Å². The second-order valence-corrected chi connectivity index (χ2v) is 4.53. The van der Waals surface area contributed by atoms with Crippen molar-refractivity contribution in [1.82, 2.24) is 14.9 Å². The summed E-state index contributed by atoms with van der Waals surface area (Å²) in [7, 11) is 1.62. The lowest BCUT2D eigenvalue weighted by atomic mass is 10.3. The Bertz CT molecular complexity index is 378. The van der Waals surface area contributed by atoms with E-state index in [-0.39, 0.29) is 0 Å².